The summed E-state index contributed by atoms with van der Waals surface area (Å²) in [6, 6.07) is 1.70. The van der Waals surface area contributed by atoms with E-state index in [-0.39, 0.29) is 29.2 Å². The molecule has 4 aromatic heterocycles. The molecule has 15 nitrogen and oxygen atoms in total. The van der Waals surface area contributed by atoms with Crippen LogP contribution < -0.4 is 18.9 Å². The van der Waals surface area contributed by atoms with E-state index in [1.165, 1.54) is 44.6 Å². The largest absolute Gasteiger partial charge is 0.494 e. The molecule has 0 aliphatic rings. The third-order valence-corrected chi connectivity index (χ3v) is 7.54. The molecule has 37 heavy (non-hydrogen) atoms. The number of rotatable bonds is 10. The highest BCUT2D eigenvalue weighted by molar-refractivity contribution is 7.93. The van der Waals surface area contributed by atoms with Gasteiger partial charge in [0.2, 0.25) is 27.7 Å². The van der Waals surface area contributed by atoms with Gasteiger partial charge in [-0.25, -0.2) is 23.0 Å². The summed E-state index contributed by atoms with van der Waals surface area (Å²) in [6.07, 6.45) is 5.94. The minimum Gasteiger partial charge on any atom is -0.494 e. The molecule has 4 heterocycles. The summed E-state index contributed by atoms with van der Waals surface area (Å²) in [6.45, 7) is 3.26. The van der Waals surface area contributed by atoms with Crippen LogP contribution in [0, 0.1) is 0 Å². The molecule has 4 aromatic rings. The third-order valence-electron chi connectivity index (χ3n) is 5.69. The molecule has 0 saturated heterocycles. The van der Waals surface area contributed by atoms with Gasteiger partial charge in [-0.15, -0.1) is 10.2 Å². The molecule has 0 spiro atoms. The number of aryl methyl sites for hydroxylation is 1. The van der Waals surface area contributed by atoms with Crippen molar-refractivity contribution in [2.45, 2.75) is 25.0 Å². The molecule has 0 amide bonds. The number of hydrogen-bond acceptors (Lipinski definition) is 12. The number of sulfonamides is 1. The van der Waals surface area contributed by atoms with Crippen LogP contribution >= 0.6 is 0 Å². The molecule has 0 aliphatic carbocycles. The van der Waals surface area contributed by atoms with Crippen molar-refractivity contribution in [3.63, 3.8) is 0 Å². The summed E-state index contributed by atoms with van der Waals surface area (Å²) < 4.78 is 48.4. The first-order valence-electron chi connectivity index (χ1n) is 11.0. The molecule has 0 radical (unpaired) electrons. The van der Waals surface area contributed by atoms with E-state index in [2.05, 4.69) is 40.0 Å². The SMILES string of the molecule is COc1cnc([C@@H](C)[C@@H](C)S(=O)(=O)Nc2nnc(-c3ccn(C)n3)n2-c2c(OC)ncnc2OC)nc1. The van der Waals surface area contributed by atoms with Gasteiger partial charge in [0, 0.05) is 19.2 Å². The monoisotopic (exact) mass is 530 g/mol. The summed E-state index contributed by atoms with van der Waals surface area (Å²) in [5.41, 5.74) is 0.608. The van der Waals surface area contributed by atoms with E-state index in [0.717, 1.165) is 0 Å². The number of aromatic nitrogens is 9. The minimum atomic E-state index is -4.04. The summed E-state index contributed by atoms with van der Waals surface area (Å²) in [5, 5.41) is 11.7. The summed E-state index contributed by atoms with van der Waals surface area (Å²) in [7, 11) is 2.03. The average Bonchev–Trinajstić information content (AvgIpc) is 3.52. The highest BCUT2D eigenvalue weighted by Gasteiger charge is 2.33. The second kappa shape index (κ2) is 10.3. The first-order chi connectivity index (χ1) is 17.7. The molecule has 4 rings (SSSR count). The Labute approximate surface area is 212 Å². The van der Waals surface area contributed by atoms with Crippen LogP contribution in [0.3, 0.4) is 0 Å². The van der Waals surface area contributed by atoms with Crippen molar-refractivity contribution in [3.05, 3.63) is 36.8 Å². The molecule has 0 aliphatic heterocycles. The lowest BCUT2D eigenvalue weighted by Gasteiger charge is -2.20. The molecular formula is C21H26N10O5S. The van der Waals surface area contributed by atoms with Gasteiger partial charge in [-0.1, -0.05) is 6.92 Å². The van der Waals surface area contributed by atoms with Crippen LogP contribution in [-0.4, -0.2) is 79.5 Å². The number of anilines is 1. The predicted octanol–water partition coefficient (Wildman–Crippen LogP) is 1.21. The lowest BCUT2D eigenvalue weighted by molar-refractivity contribution is 0.368. The van der Waals surface area contributed by atoms with Crippen molar-refractivity contribution in [1.29, 1.82) is 0 Å². The minimum absolute atomic E-state index is 0.109. The van der Waals surface area contributed by atoms with Gasteiger partial charge in [0.15, 0.2) is 17.3 Å². The standard InChI is InChI=1S/C21H26N10O5S/c1-12(17-22-9-14(34-4)10-23-17)13(2)37(32,33)29-21-27-26-18(15-7-8-30(3)28-15)31(21)16-19(35-5)24-11-25-20(16)36-6/h7-13H,1-6H3,(H,27,29)/t12-,13+/m0/s1. The van der Waals surface area contributed by atoms with E-state index in [1.807, 2.05) is 0 Å². The van der Waals surface area contributed by atoms with E-state index in [0.29, 0.717) is 17.3 Å². The number of ether oxygens (including phenoxy) is 3. The molecular weight excluding hydrogens is 504 g/mol. The van der Waals surface area contributed by atoms with Crippen molar-refractivity contribution in [2.75, 3.05) is 26.1 Å². The maximum Gasteiger partial charge on any atom is 0.245 e. The lowest BCUT2D eigenvalue weighted by atomic mass is 10.1. The first kappa shape index (κ1) is 25.7. The topological polar surface area (TPSA) is 174 Å². The van der Waals surface area contributed by atoms with Crippen LogP contribution in [0.1, 0.15) is 25.6 Å². The molecule has 0 saturated carbocycles. The molecule has 2 atom stereocenters. The number of hydrogen-bond donors (Lipinski definition) is 1. The van der Waals surface area contributed by atoms with E-state index in [1.54, 1.807) is 37.8 Å². The maximum atomic E-state index is 13.5. The maximum absolute atomic E-state index is 13.5. The van der Waals surface area contributed by atoms with Crippen LogP contribution in [0.15, 0.2) is 31.0 Å². The summed E-state index contributed by atoms with van der Waals surface area (Å²) >= 11 is 0. The lowest BCUT2D eigenvalue weighted by Crippen LogP contribution is -2.31. The van der Waals surface area contributed by atoms with E-state index in [9.17, 15) is 8.42 Å². The number of methoxy groups -OCH3 is 3. The smallest absolute Gasteiger partial charge is 0.245 e. The Kier molecular flexibility index (Phi) is 7.19. The molecule has 196 valence electrons. The van der Waals surface area contributed by atoms with Crippen LogP contribution in [0.4, 0.5) is 5.95 Å². The van der Waals surface area contributed by atoms with Gasteiger partial charge in [0.1, 0.15) is 17.8 Å². The fourth-order valence-electron chi connectivity index (χ4n) is 3.47. The van der Waals surface area contributed by atoms with Crippen molar-refractivity contribution < 1.29 is 22.6 Å². The van der Waals surface area contributed by atoms with E-state index in [4.69, 9.17) is 14.2 Å². The van der Waals surface area contributed by atoms with Crippen molar-refractivity contribution in [3.8, 4) is 34.7 Å². The van der Waals surface area contributed by atoms with Gasteiger partial charge in [0.05, 0.1) is 39.0 Å². The Morgan fingerprint density at radius 3 is 2.14 bits per heavy atom. The predicted molar refractivity (Wildman–Crippen MR) is 131 cm³/mol. The Morgan fingerprint density at radius 2 is 1.59 bits per heavy atom. The van der Waals surface area contributed by atoms with Crippen LogP contribution in [-0.2, 0) is 17.1 Å². The fourth-order valence-corrected chi connectivity index (χ4v) is 4.70. The zero-order valence-corrected chi connectivity index (χ0v) is 21.8. The van der Waals surface area contributed by atoms with Crippen LogP contribution in [0.2, 0.25) is 0 Å². The van der Waals surface area contributed by atoms with Gasteiger partial charge in [0.25, 0.3) is 0 Å². The Balaban J connectivity index is 1.79. The number of nitrogens with one attached hydrogen (secondary N) is 1. The van der Waals surface area contributed by atoms with Crippen LogP contribution in [0.25, 0.3) is 17.2 Å². The van der Waals surface area contributed by atoms with Gasteiger partial charge in [-0.05, 0) is 13.0 Å². The fraction of sp³-hybridized carbons (Fsp3) is 0.381. The Morgan fingerprint density at radius 1 is 0.946 bits per heavy atom. The zero-order chi connectivity index (χ0) is 26.7. The molecule has 1 N–H and O–H groups in total. The second-order valence-electron chi connectivity index (χ2n) is 7.92. The molecule has 0 aromatic carbocycles. The van der Waals surface area contributed by atoms with Crippen molar-refractivity contribution in [1.82, 2.24) is 44.5 Å². The first-order valence-corrected chi connectivity index (χ1v) is 12.5. The highest BCUT2D eigenvalue weighted by atomic mass is 32.2. The molecule has 0 bridgehead atoms. The van der Waals surface area contributed by atoms with Gasteiger partial charge >= 0.3 is 0 Å². The Hall–Kier alpha value is -4.34. The Bertz CT molecular complexity index is 1460. The van der Waals surface area contributed by atoms with Crippen molar-refractivity contribution >= 4 is 16.0 Å². The summed E-state index contributed by atoms with van der Waals surface area (Å²) in [4.78, 5) is 16.7. The van der Waals surface area contributed by atoms with Crippen LogP contribution in [0.5, 0.6) is 17.5 Å². The molecule has 0 unspecified atom stereocenters. The second-order valence-corrected chi connectivity index (χ2v) is 9.96. The summed E-state index contributed by atoms with van der Waals surface area (Å²) in [5.74, 6) is 0.529. The highest BCUT2D eigenvalue weighted by Crippen LogP contribution is 2.35. The van der Waals surface area contributed by atoms with Crippen molar-refractivity contribution in [2.24, 2.45) is 7.05 Å². The number of nitrogens with zero attached hydrogens (tertiary/aromatic N) is 9. The van der Waals surface area contributed by atoms with Gasteiger partial charge < -0.3 is 14.2 Å². The molecule has 0 fully saturated rings. The van der Waals surface area contributed by atoms with E-state index < -0.39 is 21.2 Å². The molecule has 16 heteroatoms. The van der Waals surface area contributed by atoms with Gasteiger partial charge in [-0.3, -0.25) is 9.40 Å². The van der Waals surface area contributed by atoms with Gasteiger partial charge in [-0.2, -0.15) is 15.1 Å². The third kappa shape index (κ3) is 5.00. The normalized spacial score (nSPS) is 13.1. The zero-order valence-electron chi connectivity index (χ0n) is 21.0. The average molecular weight is 531 g/mol. The van der Waals surface area contributed by atoms with E-state index >= 15 is 0 Å². The quantitative estimate of drug-likeness (QED) is 0.311.